The number of aryl methyl sites for hydroxylation is 2. The van der Waals surface area contributed by atoms with Crippen molar-refractivity contribution in [1.29, 1.82) is 0 Å². The molecule has 8 heteroatoms. The number of piperidine rings is 1. The average Bonchev–Trinajstić information content (AvgIpc) is 3.44. The minimum Gasteiger partial charge on any atom is -0.341 e. The van der Waals surface area contributed by atoms with Crippen molar-refractivity contribution >= 4 is 5.91 Å². The van der Waals surface area contributed by atoms with E-state index in [0.29, 0.717) is 31.3 Å². The average molecular weight is 393 g/mol. The van der Waals surface area contributed by atoms with Crippen LogP contribution in [0, 0.1) is 0 Å². The number of benzene rings is 1. The molecule has 3 aromatic rings. The van der Waals surface area contributed by atoms with E-state index in [4.69, 9.17) is 0 Å². The number of nitrogens with zero attached hydrogens (tertiary/aromatic N) is 7. The second kappa shape index (κ2) is 8.98. The molecular weight excluding hydrogens is 366 g/mol. The van der Waals surface area contributed by atoms with Gasteiger partial charge in [0, 0.05) is 43.9 Å². The van der Waals surface area contributed by atoms with Gasteiger partial charge < -0.3 is 9.47 Å². The number of hydrogen-bond acceptors (Lipinski definition) is 5. The summed E-state index contributed by atoms with van der Waals surface area (Å²) >= 11 is 0. The van der Waals surface area contributed by atoms with Crippen LogP contribution in [-0.2, 0) is 17.8 Å². The lowest BCUT2D eigenvalue weighted by atomic mass is 10.0. The van der Waals surface area contributed by atoms with Gasteiger partial charge in [-0.25, -0.2) is 4.98 Å². The molecule has 0 bridgehead atoms. The molecule has 3 heterocycles. The second-order valence-electron chi connectivity index (χ2n) is 7.42. The SMILES string of the molecule is CCc1nccn1C1CCCN(C(=O)CCCn2nnc(-c3ccccc3)n2)C1. The van der Waals surface area contributed by atoms with Crippen molar-refractivity contribution in [2.45, 2.75) is 51.6 Å². The fraction of sp³-hybridized carbons (Fsp3) is 0.476. The molecule has 1 aliphatic rings. The smallest absolute Gasteiger partial charge is 0.222 e. The molecule has 0 aliphatic carbocycles. The summed E-state index contributed by atoms with van der Waals surface area (Å²) in [5, 5.41) is 12.6. The summed E-state index contributed by atoms with van der Waals surface area (Å²) in [6.45, 7) is 4.31. The van der Waals surface area contributed by atoms with E-state index in [9.17, 15) is 4.79 Å². The molecule has 1 amide bonds. The number of carbonyl (C=O) groups is 1. The van der Waals surface area contributed by atoms with Gasteiger partial charge in [0.05, 0.1) is 12.6 Å². The summed E-state index contributed by atoms with van der Waals surface area (Å²) < 4.78 is 2.24. The van der Waals surface area contributed by atoms with Gasteiger partial charge in [0.25, 0.3) is 0 Å². The second-order valence-corrected chi connectivity index (χ2v) is 7.42. The van der Waals surface area contributed by atoms with Gasteiger partial charge in [-0.2, -0.15) is 4.80 Å². The van der Waals surface area contributed by atoms with Crippen LogP contribution in [0.25, 0.3) is 11.4 Å². The Morgan fingerprint density at radius 3 is 2.93 bits per heavy atom. The van der Waals surface area contributed by atoms with E-state index in [-0.39, 0.29) is 5.91 Å². The van der Waals surface area contributed by atoms with Crippen LogP contribution in [0.15, 0.2) is 42.7 Å². The highest BCUT2D eigenvalue weighted by Gasteiger charge is 2.25. The van der Waals surface area contributed by atoms with Gasteiger partial charge >= 0.3 is 0 Å². The summed E-state index contributed by atoms with van der Waals surface area (Å²) in [6, 6.07) is 10.1. The number of rotatable bonds is 7. The molecule has 1 atom stereocenters. The van der Waals surface area contributed by atoms with Crippen molar-refractivity contribution in [1.82, 2.24) is 34.7 Å². The normalized spacial score (nSPS) is 16.9. The maximum Gasteiger partial charge on any atom is 0.222 e. The maximum atomic E-state index is 12.7. The number of amides is 1. The van der Waals surface area contributed by atoms with Gasteiger partial charge in [-0.15, -0.1) is 10.2 Å². The Morgan fingerprint density at radius 2 is 2.10 bits per heavy atom. The first-order chi connectivity index (χ1) is 14.2. The Hall–Kier alpha value is -3.03. The predicted octanol–water partition coefficient (Wildman–Crippen LogP) is 2.74. The van der Waals surface area contributed by atoms with Crippen LogP contribution in [-0.4, -0.2) is 53.7 Å². The minimum absolute atomic E-state index is 0.205. The van der Waals surface area contributed by atoms with E-state index < -0.39 is 0 Å². The lowest BCUT2D eigenvalue weighted by Crippen LogP contribution is -2.40. The summed E-state index contributed by atoms with van der Waals surface area (Å²) in [5.41, 5.74) is 0.945. The summed E-state index contributed by atoms with van der Waals surface area (Å²) in [6.07, 6.45) is 8.14. The van der Waals surface area contributed by atoms with Crippen LogP contribution in [0.5, 0.6) is 0 Å². The molecule has 0 saturated carbocycles. The van der Waals surface area contributed by atoms with Crippen molar-refractivity contribution in [3.8, 4) is 11.4 Å². The zero-order valence-corrected chi connectivity index (χ0v) is 16.8. The van der Waals surface area contributed by atoms with Crippen molar-refractivity contribution in [2.24, 2.45) is 0 Å². The van der Waals surface area contributed by atoms with Gasteiger partial charge in [0.1, 0.15) is 5.82 Å². The fourth-order valence-corrected chi connectivity index (χ4v) is 3.93. The van der Waals surface area contributed by atoms with Gasteiger partial charge in [-0.1, -0.05) is 37.3 Å². The van der Waals surface area contributed by atoms with E-state index in [1.54, 1.807) is 4.80 Å². The largest absolute Gasteiger partial charge is 0.341 e. The van der Waals surface area contributed by atoms with Crippen molar-refractivity contribution in [3.63, 3.8) is 0 Å². The highest BCUT2D eigenvalue weighted by Crippen LogP contribution is 2.23. The van der Waals surface area contributed by atoms with Crippen molar-refractivity contribution in [2.75, 3.05) is 13.1 Å². The molecule has 1 unspecified atom stereocenters. The molecule has 4 rings (SSSR count). The third-order valence-electron chi connectivity index (χ3n) is 5.44. The van der Waals surface area contributed by atoms with E-state index in [1.165, 1.54) is 0 Å². The summed E-state index contributed by atoms with van der Waals surface area (Å²) in [7, 11) is 0. The Morgan fingerprint density at radius 1 is 1.24 bits per heavy atom. The molecule has 1 fully saturated rings. The molecule has 2 aromatic heterocycles. The van der Waals surface area contributed by atoms with E-state index in [0.717, 1.165) is 43.7 Å². The zero-order chi connectivity index (χ0) is 20.1. The monoisotopic (exact) mass is 393 g/mol. The van der Waals surface area contributed by atoms with Crippen molar-refractivity contribution in [3.05, 3.63) is 48.5 Å². The van der Waals surface area contributed by atoms with Gasteiger partial charge in [-0.3, -0.25) is 4.79 Å². The Balaban J connectivity index is 1.28. The van der Waals surface area contributed by atoms with Crippen LogP contribution in [0.4, 0.5) is 0 Å². The highest BCUT2D eigenvalue weighted by atomic mass is 16.2. The van der Waals surface area contributed by atoms with Crippen LogP contribution in [0.1, 0.15) is 44.5 Å². The molecule has 152 valence electrons. The van der Waals surface area contributed by atoms with Gasteiger partial charge in [-0.05, 0) is 24.5 Å². The number of imidazole rings is 1. The highest BCUT2D eigenvalue weighted by molar-refractivity contribution is 5.76. The number of likely N-dealkylation sites (tertiary alicyclic amines) is 1. The molecule has 0 spiro atoms. The first kappa shape index (κ1) is 19.3. The molecule has 1 aromatic carbocycles. The number of hydrogen-bond donors (Lipinski definition) is 0. The molecular formula is C21H27N7O. The fourth-order valence-electron chi connectivity index (χ4n) is 3.93. The van der Waals surface area contributed by atoms with E-state index >= 15 is 0 Å². The van der Waals surface area contributed by atoms with Gasteiger partial charge in [0.2, 0.25) is 11.7 Å². The van der Waals surface area contributed by atoms with Crippen LogP contribution >= 0.6 is 0 Å². The quantitative estimate of drug-likeness (QED) is 0.616. The lowest BCUT2D eigenvalue weighted by Gasteiger charge is -2.34. The van der Waals surface area contributed by atoms with Crippen LogP contribution in [0.3, 0.4) is 0 Å². The van der Waals surface area contributed by atoms with E-state index in [1.807, 2.05) is 47.6 Å². The first-order valence-corrected chi connectivity index (χ1v) is 10.4. The summed E-state index contributed by atoms with van der Waals surface area (Å²) in [4.78, 5) is 20.7. The number of tetrazole rings is 1. The molecule has 29 heavy (non-hydrogen) atoms. The molecule has 1 saturated heterocycles. The summed E-state index contributed by atoms with van der Waals surface area (Å²) in [5.74, 6) is 1.91. The molecule has 0 radical (unpaired) electrons. The predicted molar refractivity (Wildman–Crippen MR) is 109 cm³/mol. The standard InChI is InChI=1S/C21H27N7O/c1-2-19-22-12-15-27(19)18-10-6-13-26(16-18)20(29)11-7-14-28-24-21(23-25-28)17-8-4-3-5-9-17/h3-5,8-9,12,15,18H,2,6-7,10-11,13-14,16H2,1H3. The third-order valence-corrected chi connectivity index (χ3v) is 5.44. The first-order valence-electron chi connectivity index (χ1n) is 10.4. The minimum atomic E-state index is 0.205. The number of aromatic nitrogens is 6. The zero-order valence-electron chi connectivity index (χ0n) is 16.8. The van der Waals surface area contributed by atoms with Crippen LogP contribution in [0.2, 0.25) is 0 Å². The third kappa shape index (κ3) is 4.52. The molecule has 0 N–H and O–H groups in total. The lowest BCUT2D eigenvalue weighted by molar-refractivity contribution is -0.133. The van der Waals surface area contributed by atoms with Crippen molar-refractivity contribution < 1.29 is 4.79 Å². The Kier molecular flexibility index (Phi) is 5.97. The number of carbonyl (C=O) groups excluding carboxylic acids is 1. The van der Waals surface area contributed by atoms with E-state index in [2.05, 4.69) is 31.9 Å². The maximum absolute atomic E-state index is 12.7. The topological polar surface area (TPSA) is 81.7 Å². The molecule has 1 aliphatic heterocycles. The Bertz CT molecular complexity index is 933. The van der Waals surface area contributed by atoms with Gasteiger partial charge in [0.15, 0.2) is 0 Å². The Labute approximate surface area is 170 Å². The van der Waals surface area contributed by atoms with Crippen LogP contribution < -0.4 is 0 Å². The molecule has 8 nitrogen and oxygen atoms in total.